The SMILES string of the molecule is COCCCN(CCOC)C(=O)NCC(C)(O)C(=O)O. The Morgan fingerprint density at radius 3 is 2.30 bits per heavy atom. The Balaban J connectivity index is 4.34. The Kier molecular flexibility index (Phi) is 8.86. The van der Waals surface area contributed by atoms with Gasteiger partial charge in [0, 0.05) is 33.9 Å². The van der Waals surface area contributed by atoms with Crippen molar-refractivity contribution in [3.05, 3.63) is 0 Å². The minimum absolute atomic E-state index is 0.366. The molecule has 0 fully saturated rings. The molecular formula is C12H24N2O6. The van der Waals surface area contributed by atoms with Gasteiger partial charge in [-0.15, -0.1) is 0 Å². The number of methoxy groups -OCH3 is 2. The van der Waals surface area contributed by atoms with Gasteiger partial charge in [-0.25, -0.2) is 9.59 Å². The summed E-state index contributed by atoms with van der Waals surface area (Å²) in [5.74, 6) is -1.39. The second-order valence-corrected chi connectivity index (χ2v) is 4.56. The number of hydrogen-bond donors (Lipinski definition) is 3. The molecule has 118 valence electrons. The van der Waals surface area contributed by atoms with Crippen LogP contribution in [0.5, 0.6) is 0 Å². The summed E-state index contributed by atoms with van der Waals surface area (Å²) in [7, 11) is 3.10. The van der Waals surface area contributed by atoms with Crippen LogP contribution in [0, 0.1) is 0 Å². The molecule has 3 N–H and O–H groups in total. The van der Waals surface area contributed by atoms with Crippen molar-refractivity contribution in [3.63, 3.8) is 0 Å². The molecule has 0 aliphatic carbocycles. The van der Waals surface area contributed by atoms with Crippen LogP contribution in [-0.4, -0.2) is 79.8 Å². The molecule has 0 saturated carbocycles. The lowest BCUT2D eigenvalue weighted by molar-refractivity contribution is -0.155. The molecule has 0 heterocycles. The Hall–Kier alpha value is -1.38. The Labute approximate surface area is 118 Å². The molecule has 0 aliphatic heterocycles. The van der Waals surface area contributed by atoms with Gasteiger partial charge >= 0.3 is 12.0 Å². The third kappa shape index (κ3) is 7.27. The summed E-state index contributed by atoms with van der Waals surface area (Å²) in [5, 5.41) is 20.7. The molecule has 20 heavy (non-hydrogen) atoms. The lowest BCUT2D eigenvalue weighted by Gasteiger charge is -2.25. The van der Waals surface area contributed by atoms with E-state index in [0.29, 0.717) is 32.7 Å². The zero-order valence-corrected chi connectivity index (χ0v) is 12.2. The van der Waals surface area contributed by atoms with Gasteiger partial charge in [-0.3, -0.25) is 0 Å². The molecule has 0 spiro atoms. The topological polar surface area (TPSA) is 108 Å². The van der Waals surface area contributed by atoms with Crippen LogP contribution in [-0.2, 0) is 14.3 Å². The number of amides is 2. The predicted molar refractivity (Wildman–Crippen MR) is 71.6 cm³/mol. The molecule has 8 nitrogen and oxygen atoms in total. The smallest absolute Gasteiger partial charge is 0.337 e. The van der Waals surface area contributed by atoms with Gasteiger partial charge < -0.3 is 29.9 Å². The summed E-state index contributed by atoms with van der Waals surface area (Å²) < 4.78 is 9.83. The quantitative estimate of drug-likeness (QED) is 0.469. The number of carboxylic acid groups (broad SMARTS) is 1. The highest BCUT2D eigenvalue weighted by atomic mass is 16.5. The van der Waals surface area contributed by atoms with Crippen molar-refractivity contribution < 1.29 is 29.3 Å². The Morgan fingerprint density at radius 1 is 1.20 bits per heavy atom. The summed E-state index contributed by atoms with van der Waals surface area (Å²) in [4.78, 5) is 24.1. The number of carboxylic acids is 1. The summed E-state index contributed by atoms with van der Waals surface area (Å²) in [6.07, 6.45) is 0.656. The van der Waals surface area contributed by atoms with E-state index in [1.807, 2.05) is 0 Å². The zero-order chi connectivity index (χ0) is 15.6. The van der Waals surface area contributed by atoms with Crippen LogP contribution in [0.2, 0.25) is 0 Å². The van der Waals surface area contributed by atoms with Crippen molar-refractivity contribution in [2.75, 3.05) is 47.1 Å². The highest BCUT2D eigenvalue weighted by Gasteiger charge is 2.30. The van der Waals surface area contributed by atoms with Crippen LogP contribution >= 0.6 is 0 Å². The largest absolute Gasteiger partial charge is 0.479 e. The number of aliphatic carboxylic acids is 1. The van der Waals surface area contributed by atoms with Crippen LogP contribution < -0.4 is 5.32 Å². The van der Waals surface area contributed by atoms with E-state index in [-0.39, 0.29) is 6.54 Å². The third-order valence-corrected chi connectivity index (χ3v) is 2.67. The van der Waals surface area contributed by atoms with E-state index in [1.165, 1.54) is 12.0 Å². The number of urea groups is 1. The zero-order valence-electron chi connectivity index (χ0n) is 12.2. The molecular weight excluding hydrogens is 268 g/mol. The fraction of sp³-hybridized carbons (Fsp3) is 0.833. The molecule has 0 aromatic carbocycles. The van der Waals surface area contributed by atoms with Crippen molar-refractivity contribution >= 4 is 12.0 Å². The lowest BCUT2D eigenvalue weighted by Crippen LogP contribution is -2.50. The van der Waals surface area contributed by atoms with Crippen molar-refractivity contribution in [1.82, 2.24) is 10.2 Å². The number of nitrogens with one attached hydrogen (secondary N) is 1. The fourth-order valence-corrected chi connectivity index (χ4v) is 1.35. The average Bonchev–Trinajstić information content (AvgIpc) is 2.40. The molecule has 0 aliphatic rings. The number of carbonyl (C=O) groups is 2. The summed E-state index contributed by atoms with van der Waals surface area (Å²) in [6.45, 7) is 2.48. The van der Waals surface area contributed by atoms with Gasteiger partial charge in [-0.1, -0.05) is 0 Å². The van der Waals surface area contributed by atoms with E-state index in [4.69, 9.17) is 14.6 Å². The molecule has 0 radical (unpaired) electrons. The molecule has 0 saturated heterocycles. The van der Waals surface area contributed by atoms with Gasteiger partial charge in [0.25, 0.3) is 0 Å². The first-order valence-corrected chi connectivity index (χ1v) is 6.31. The summed E-state index contributed by atoms with van der Waals surface area (Å²) in [5.41, 5.74) is -1.99. The molecule has 0 aromatic heterocycles. The van der Waals surface area contributed by atoms with E-state index in [9.17, 15) is 14.7 Å². The number of carbonyl (C=O) groups excluding carboxylic acids is 1. The highest BCUT2D eigenvalue weighted by molar-refractivity contribution is 5.79. The van der Waals surface area contributed by atoms with Crippen LogP contribution in [0.4, 0.5) is 4.79 Å². The number of hydrogen-bond acceptors (Lipinski definition) is 5. The Bertz CT molecular complexity index is 308. The number of rotatable bonds is 10. The maximum atomic E-state index is 11.9. The average molecular weight is 292 g/mol. The first kappa shape index (κ1) is 18.6. The van der Waals surface area contributed by atoms with Crippen LogP contribution in [0.3, 0.4) is 0 Å². The van der Waals surface area contributed by atoms with Crippen molar-refractivity contribution in [2.24, 2.45) is 0 Å². The first-order chi connectivity index (χ1) is 9.35. The van der Waals surface area contributed by atoms with Gasteiger partial charge in [-0.2, -0.15) is 0 Å². The van der Waals surface area contributed by atoms with Gasteiger partial charge in [0.15, 0.2) is 5.60 Å². The maximum Gasteiger partial charge on any atom is 0.337 e. The van der Waals surface area contributed by atoms with Gasteiger partial charge in [-0.05, 0) is 13.3 Å². The third-order valence-electron chi connectivity index (χ3n) is 2.67. The van der Waals surface area contributed by atoms with Crippen molar-refractivity contribution in [2.45, 2.75) is 18.9 Å². The molecule has 0 bridgehead atoms. The Morgan fingerprint density at radius 2 is 1.80 bits per heavy atom. The van der Waals surface area contributed by atoms with Gasteiger partial charge in [0.1, 0.15) is 0 Å². The molecule has 0 rings (SSSR count). The molecule has 2 amide bonds. The van der Waals surface area contributed by atoms with Crippen LogP contribution in [0.1, 0.15) is 13.3 Å². The highest BCUT2D eigenvalue weighted by Crippen LogP contribution is 2.02. The van der Waals surface area contributed by atoms with E-state index in [1.54, 1.807) is 7.11 Å². The minimum atomic E-state index is -1.99. The van der Waals surface area contributed by atoms with Gasteiger partial charge in [0.05, 0.1) is 13.2 Å². The van der Waals surface area contributed by atoms with E-state index in [2.05, 4.69) is 5.32 Å². The van der Waals surface area contributed by atoms with Gasteiger partial charge in [0.2, 0.25) is 0 Å². The molecule has 1 atom stereocenters. The second-order valence-electron chi connectivity index (χ2n) is 4.56. The predicted octanol–water partition coefficient (Wildman–Crippen LogP) is -0.483. The normalized spacial score (nSPS) is 13.6. The summed E-state index contributed by atoms with van der Waals surface area (Å²) >= 11 is 0. The van der Waals surface area contributed by atoms with E-state index >= 15 is 0 Å². The molecule has 8 heteroatoms. The minimum Gasteiger partial charge on any atom is -0.479 e. The monoisotopic (exact) mass is 292 g/mol. The lowest BCUT2D eigenvalue weighted by atomic mass is 10.1. The van der Waals surface area contributed by atoms with Crippen LogP contribution in [0.25, 0.3) is 0 Å². The van der Waals surface area contributed by atoms with Crippen LogP contribution in [0.15, 0.2) is 0 Å². The first-order valence-electron chi connectivity index (χ1n) is 6.31. The standard InChI is InChI=1S/C12H24N2O6/c1-12(18,10(15)16)9-13-11(17)14(6-8-20-3)5-4-7-19-2/h18H,4-9H2,1-3H3,(H,13,17)(H,15,16). The number of nitrogens with zero attached hydrogens (tertiary/aromatic N) is 1. The van der Waals surface area contributed by atoms with Crippen molar-refractivity contribution in [3.8, 4) is 0 Å². The number of ether oxygens (including phenoxy) is 2. The number of aliphatic hydroxyl groups is 1. The molecule has 1 unspecified atom stereocenters. The fourth-order valence-electron chi connectivity index (χ4n) is 1.35. The summed E-state index contributed by atoms with van der Waals surface area (Å²) in [6, 6.07) is -0.445. The maximum absolute atomic E-state index is 11.9. The van der Waals surface area contributed by atoms with Crippen molar-refractivity contribution in [1.29, 1.82) is 0 Å². The second kappa shape index (κ2) is 9.51. The van der Waals surface area contributed by atoms with E-state index < -0.39 is 17.6 Å². The van der Waals surface area contributed by atoms with E-state index in [0.717, 1.165) is 6.92 Å². The molecule has 0 aromatic rings.